The molecule has 96 valence electrons. The third kappa shape index (κ3) is 2.41. The summed E-state index contributed by atoms with van der Waals surface area (Å²) in [5.74, 6) is 0.584. The minimum Gasteiger partial charge on any atom is -0.242 e. The monoisotopic (exact) mass is 267 g/mol. The van der Waals surface area contributed by atoms with E-state index in [1.54, 1.807) is 11.3 Å². The quantitative estimate of drug-likeness (QED) is 0.606. The van der Waals surface area contributed by atoms with E-state index in [9.17, 15) is 0 Å². The van der Waals surface area contributed by atoms with Crippen molar-refractivity contribution in [3.63, 3.8) is 0 Å². The van der Waals surface area contributed by atoms with Gasteiger partial charge in [0.05, 0.1) is 15.2 Å². The molecule has 0 atom stereocenters. The van der Waals surface area contributed by atoms with Gasteiger partial charge in [-0.25, -0.2) is 4.98 Å². The number of nitrogens with zero attached hydrogens (tertiary/aromatic N) is 1. The molecule has 1 heterocycles. The highest BCUT2D eigenvalue weighted by molar-refractivity contribution is 7.18. The first-order valence-corrected chi connectivity index (χ1v) is 7.42. The molecule has 0 amide bonds. The van der Waals surface area contributed by atoms with Gasteiger partial charge in [0, 0.05) is 0 Å². The molecular formula is C17H17NS. The number of thiazole rings is 1. The largest absolute Gasteiger partial charge is 0.242 e. The van der Waals surface area contributed by atoms with Crippen LogP contribution in [0.4, 0.5) is 0 Å². The van der Waals surface area contributed by atoms with Gasteiger partial charge in [-0.15, -0.1) is 11.3 Å². The fourth-order valence-electron chi connectivity index (χ4n) is 2.28. The van der Waals surface area contributed by atoms with Crippen molar-refractivity contribution in [3.8, 4) is 11.1 Å². The van der Waals surface area contributed by atoms with Crippen molar-refractivity contribution in [1.82, 2.24) is 4.98 Å². The van der Waals surface area contributed by atoms with Crippen LogP contribution >= 0.6 is 11.3 Å². The Morgan fingerprint density at radius 2 is 1.63 bits per heavy atom. The Morgan fingerprint density at radius 3 is 2.32 bits per heavy atom. The summed E-state index contributed by atoms with van der Waals surface area (Å²) in [6.07, 6.45) is 0. The molecule has 0 bridgehead atoms. The van der Waals surface area contributed by atoms with E-state index in [1.165, 1.54) is 21.4 Å². The van der Waals surface area contributed by atoms with Crippen molar-refractivity contribution in [2.24, 2.45) is 0 Å². The molecule has 2 aromatic carbocycles. The Kier molecular flexibility index (Phi) is 3.11. The molecule has 0 aliphatic rings. The SMILES string of the molecule is Cc1nc2ccc(-c3ccc(C(C)C)cc3)cc2s1. The van der Waals surface area contributed by atoms with Gasteiger partial charge in [0.2, 0.25) is 0 Å². The molecule has 0 aliphatic heterocycles. The normalized spacial score (nSPS) is 11.4. The molecular weight excluding hydrogens is 250 g/mol. The molecule has 3 rings (SSSR count). The second-order valence-corrected chi connectivity index (χ2v) is 6.43. The van der Waals surface area contributed by atoms with Gasteiger partial charge in [0.1, 0.15) is 0 Å². The zero-order valence-corrected chi connectivity index (χ0v) is 12.3. The van der Waals surface area contributed by atoms with Crippen LogP contribution in [0.3, 0.4) is 0 Å². The van der Waals surface area contributed by atoms with Gasteiger partial charge in [-0.1, -0.05) is 44.2 Å². The lowest BCUT2D eigenvalue weighted by Gasteiger charge is -2.07. The second kappa shape index (κ2) is 4.78. The van der Waals surface area contributed by atoms with Crippen LogP contribution in [0, 0.1) is 6.92 Å². The number of aryl methyl sites for hydroxylation is 1. The first-order chi connectivity index (χ1) is 9.13. The van der Waals surface area contributed by atoms with E-state index in [0.717, 1.165) is 10.5 Å². The third-order valence-corrected chi connectivity index (χ3v) is 4.34. The Labute approximate surface area is 117 Å². The third-order valence-electron chi connectivity index (χ3n) is 3.41. The molecule has 0 saturated heterocycles. The van der Waals surface area contributed by atoms with Gasteiger partial charge in [-0.3, -0.25) is 0 Å². The summed E-state index contributed by atoms with van der Waals surface area (Å²) < 4.78 is 1.27. The van der Waals surface area contributed by atoms with E-state index < -0.39 is 0 Å². The molecule has 0 radical (unpaired) electrons. The number of aromatic nitrogens is 1. The maximum Gasteiger partial charge on any atom is 0.0907 e. The minimum absolute atomic E-state index is 0.584. The summed E-state index contributed by atoms with van der Waals surface area (Å²) in [7, 11) is 0. The highest BCUT2D eigenvalue weighted by Crippen LogP contribution is 2.28. The standard InChI is InChI=1S/C17H17NS/c1-11(2)13-4-6-14(7-5-13)15-8-9-16-17(10-15)19-12(3)18-16/h4-11H,1-3H3. The van der Waals surface area contributed by atoms with Crippen molar-refractivity contribution in [2.45, 2.75) is 26.7 Å². The number of hydrogen-bond acceptors (Lipinski definition) is 2. The van der Waals surface area contributed by atoms with Crippen molar-refractivity contribution < 1.29 is 0 Å². The van der Waals surface area contributed by atoms with Gasteiger partial charge in [0.25, 0.3) is 0 Å². The molecule has 0 aliphatic carbocycles. The molecule has 0 spiro atoms. The van der Waals surface area contributed by atoms with Gasteiger partial charge < -0.3 is 0 Å². The van der Waals surface area contributed by atoms with Gasteiger partial charge in [-0.05, 0) is 41.7 Å². The average Bonchev–Trinajstić information content (AvgIpc) is 2.77. The van der Waals surface area contributed by atoms with Crippen LogP contribution in [0.25, 0.3) is 21.3 Å². The Morgan fingerprint density at radius 1 is 0.947 bits per heavy atom. The molecule has 0 saturated carbocycles. The van der Waals surface area contributed by atoms with E-state index >= 15 is 0 Å². The van der Waals surface area contributed by atoms with Crippen molar-refractivity contribution in [1.29, 1.82) is 0 Å². The van der Waals surface area contributed by atoms with E-state index in [0.29, 0.717) is 5.92 Å². The van der Waals surface area contributed by atoms with Crippen LogP contribution in [0.15, 0.2) is 42.5 Å². The predicted molar refractivity (Wildman–Crippen MR) is 83.9 cm³/mol. The summed E-state index contributed by atoms with van der Waals surface area (Å²) in [6, 6.07) is 15.4. The van der Waals surface area contributed by atoms with Crippen LogP contribution in [0.2, 0.25) is 0 Å². The van der Waals surface area contributed by atoms with E-state index in [2.05, 4.69) is 68.2 Å². The Balaban J connectivity index is 2.03. The molecule has 1 aromatic heterocycles. The van der Waals surface area contributed by atoms with Crippen molar-refractivity contribution in [2.75, 3.05) is 0 Å². The molecule has 19 heavy (non-hydrogen) atoms. The van der Waals surface area contributed by atoms with E-state index in [4.69, 9.17) is 0 Å². The van der Waals surface area contributed by atoms with E-state index in [1.807, 2.05) is 0 Å². The van der Waals surface area contributed by atoms with Crippen LogP contribution in [-0.4, -0.2) is 4.98 Å². The topological polar surface area (TPSA) is 12.9 Å². The van der Waals surface area contributed by atoms with Gasteiger partial charge in [-0.2, -0.15) is 0 Å². The first-order valence-electron chi connectivity index (χ1n) is 6.61. The Hall–Kier alpha value is -1.67. The molecule has 0 fully saturated rings. The van der Waals surface area contributed by atoms with Crippen molar-refractivity contribution >= 4 is 21.6 Å². The Bertz CT molecular complexity index is 708. The lowest BCUT2D eigenvalue weighted by molar-refractivity contribution is 0.867. The molecule has 0 N–H and O–H groups in total. The number of rotatable bonds is 2. The smallest absolute Gasteiger partial charge is 0.0907 e. The maximum atomic E-state index is 4.50. The fourth-order valence-corrected chi connectivity index (χ4v) is 3.15. The first kappa shape index (κ1) is 12.4. The lowest BCUT2D eigenvalue weighted by Crippen LogP contribution is -1.86. The van der Waals surface area contributed by atoms with Crippen LogP contribution < -0.4 is 0 Å². The molecule has 1 nitrogen and oxygen atoms in total. The van der Waals surface area contributed by atoms with Crippen LogP contribution in [0.1, 0.15) is 30.3 Å². The average molecular weight is 267 g/mol. The summed E-state index contributed by atoms with van der Waals surface area (Å²) in [6.45, 7) is 6.50. The predicted octanol–water partition coefficient (Wildman–Crippen LogP) is 5.40. The molecule has 2 heteroatoms. The van der Waals surface area contributed by atoms with Gasteiger partial charge in [0.15, 0.2) is 0 Å². The maximum absolute atomic E-state index is 4.50. The summed E-state index contributed by atoms with van der Waals surface area (Å²) in [4.78, 5) is 4.50. The number of hydrogen-bond donors (Lipinski definition) is 0. The number of fused-ring (bicyclic) bond motifs is 1. The van der Waals surface area contributed by atoms with E-state index in [-0.39, 0.29) is 0 Å². The highest BCUT2D eigenvalue weighted by atomic mass is 32.1. The minimum atomic E-state index is 0.584. The summed E-state index contributed by atoms with van der Waals surface area (Å²) in [5.41, 5.74) is 5.03. The van der Waals surface area contributed by atoms with Gasteiger partial charge >= 0.3 is 0 Å². The lowest BCUT2D eigenvalue weighted by atomic mass is 9.99. The van der Waals surface area contributed by atoms with Crippen LogP contribution in [-0.2, 0) is 0 Å². The van der Waals surface area contributed by atoms with Crippen molar-refractivity contribution in [3.05, 3.63) is 53.0 Å². The summed E-state index contributed by atoms with van der Waals surface area (Å²) in [5, 5.41) is 1.13. The molecule has 3 aromatic rings. The number of benzene rings is 2. The highest BCUT2D eigenvalue weighted by Gasteiger charge is 2.04. The zero-order valence-electron chi connectivity index (χ0n) is 11.5. The van der Waals surface area contributed by atoms with Crippen LogP contribution in [0.5, 0.6) is 0 Å². The zero-order chi connectivity index (χ0) is 13.4. The molecule has 0 unspecified atom stereocenters. The summed E-state index contributed by atoms with van der Waals surface area (Å²) >= 11 is 1.76. The fraction of sp³-hybridized carbons (Fsp3) is 0.235. The second-order valence-electron chi connectivity index (χ2n) is 5.19.